The van der Waals surface area contributed by atoms with Gasteiger partial charge in [0.25, 0.3) is 5.56 Å². The van der Waals surface area contributed by atoms with Gasteiger partial charge in [-0.3, -0.25) is 14.4 Å². The first kappa shape index (κ1) is 24.9. The van der Waals surface area contributed by atoms with Crippen molar-refractivity contribution in [2.45, 2.75) is 33.0 Å². The molecule has 2 aromatic carbocycles. The SMILES string of the molecule is C.C[C@@H](C(N)=O)n1ccc2c(NC(=O)Cc3ccc(Cl)c(C(F)(F)F)c3)cccc2c1=O. The van der Waals surface area contributed by atoms with Crippen molar-refractivity contribution in [3.05, 3.63) is 75.2 Å². The molecule has 0 bridgehead atoms. The Morgan fingerprint density at radius 3 is 2.47 bits per heavy atom. The van der Waals surface area contributed by atoms with E-state index < -0.39 is 40.2 Å². The predicted octanol–water partition coefficient (Wildman–Crippen LogP) is 4.54. The van der Waals surface area contributed by atoms with Crippen LogP contribution in [0.3, 0.4) is 0 Å². The maximum atomic E-state index is 13.0. The van der Waals surface area contributed by atoms with Gasteiger partial charge in [-0.15, -0.1) is 0 Å². The fourth-order valence-corrected chi connectivity index (χ4v) is 3.35. The van der Waals surface area contributed by atoms with E-state index in [9.17, 15) is 27.6 Å². The minimum atomic E-state index is -4.64. The number of amides is 2. The number of nitrogens with zero attached hydrogens (tertiary/aromatic N) is 1. The Morgan fingerprint density at radius 1 is 1.16 bits per heavy atom. The summed E-state index contributed by atoms with van der Waals surface area (Å²) in [4.78, 5) is 36.5. The normalized spacial score (nSPS) is 12.2. The van der Waals surface area contributed by atoms with Crippen LogP contribution in [0.4, 0.5) is 18.9 Å². The van der Waals surface area contributed by atoms with Gasteiger partial charge in [0.1, 0.15) is 6.04 Å². The number of anilines is 1. The van der Waals surface area contributed by atoms with Gasteiger partial charge < -0.3 is 15.6 Å². The van der Waals surface area contributed by atoms with Crippen LogP contribution in [0.1, 0.15) is 31.5 Å². The van der Waals surface area contributed by atoms with Crippen molar-refractivity contribution in [1.82, 2.24) is 4.57 Å². The Kier molecular flexibility index (Phi) is 7.35. The first-order chi connectivity index (χ1) is 14.5. The third-order valence-corrected chi connectivity index (χ3v) is 5.11. The fourth-order valence-electron chi connectivity index (χ4n) is 3.12. The molecule has 32 heavy (non-hydrogen) atoms. The van der Waals surface area contributed by atoms with E-state index in [1.54, 1.807) is 18.2 Å². The molecule has 2 amide bonds. The number of aromatic nitrogens is 1. The summed E-state index contributed by atoms with van der Waals surface area (Å²) >= 11 is 5.60. The van der Waals surface area contributed by atoms with Crippen molar-refractivity contribution >= 4 is 39.9 Å². The molecule has 0 aliphatic rings. The van der Waals surface area contributed by atoms with Crippen molar-refractivity contribution in [2.24, 2.45) is 5.73 Å². The number of pyridine rings is 1. The van der Waals surface area contributed by atoms with Crippen LogP contribution in [0.2, 0.25) is 5.02 Å². The number of fused-ring (bicyclic) bond motifs is 1. The molecule has 0 aliphatic carbocycles. The predicted molar refractivity (Wildman–Crippen MR) is 118 cm³/mol. The van der Waals surface area contributed by atoms with Crippen molar-refractivity contribution in [1.29, 1.82) is 0 Å². The summed E-state index contributed by atoms with van der Waals surface area (Å²) in [6.07, 6.45) is -3.57. The van der Waals surface area contributed by atoms with E-state index in [0.717, 1.165) is 12.1 Å². The lowest BCUT2D eigenvalue weighted by Crippen LogP contribution is -2.31. The Balaban J connectivity index is 0.00000363. The molecule has 0 fully saturated rings. The molecule has 6 nitrogen and oxygen atoms in total. The molecule has 170 valence electrons. The van der Waals surface area contributed by atoms with Crippen LogP contribution in [0.5, 0.6) is 0 Å². The van der Waals surface area contributed by atoms with Crippen molar-refractivity contribution in [3.63, 3.8) is 0 Å². The highest BCUT2D eigenvalue weighted by Crippen LogP contribution is 2.35. The zero-order valence-electron chi connectivity index (χ0n) is 16.2. The van der Waals surface area contributed by atoms with Gasteiger partial charge in [-0.25, -0.2) is 0 Å². The van der Waals surface area contributed by atoms with Gasteiger partial charge in [0.15, 0.2) is 0 Å². The highest BCUT2D eigenvalue weighted by molar-refractivity contribution is 6.31. The number of nitrogens with two attached hydrogens (primary N) is 1. The summed E-state index contributed by atoms with van der Waals surface area (Å²) in [5.74, 6) is -1.25. The molecule has 1 atom stereocenters. The number of benzene rings is 2. The maximum Gasteiger partial charge on any atom is 0.417 e. The Bertz CT molecular complexity index is 1240. The van der Waals surface area contributed by atoms with E-state index in [1.165, 1.54) is 29.8 Å². The summed E-state index contributed by atoms with van der Waals surface area (Å²) in [5.41, 5.74) is 4.22. The Labute approximate surface area is 186 Å². The van der Waals surface area contributed by atoms with E-state index in [2.05, 4.69) is 5.32 Å². The summed E-state index contributed by atoms with van der Waals surface area (Å²) in [6, 6.07) is 8.59. The number of rotatable bonds is 5. The molecule has 0 spiro atoms. The summed E-state index contributed by atoms with van der Waals surface area (Å²) in [6.45, 7) is 1.49. The number of halogens is 4. The molecule has 10 heteroatoms. The van der Waals surface area contributed by atoms with Crippen LogP contribution < -0.4 is 16.6 Å². The Hall–Kier alpha value is -3.33. The third kappa shape index (κ3) is 5.11. The lowest BCUT2D eigenvalue weighted by atomic mass is 10.1. The van der Waals surface area contributed by atoms with Crippen LogP contribution in [-0.2, 0) is 22.2 Å². The molecule has 3 aromatic rings. The highest BCUT2D eigenvalue weighted by atomic mass is 35.5. The molecule has 0 saturated heterocycles. The number of hydrogen-bond donors (Lipinski definition) is 2. The third-order valence-electron chi connectivity index (χ3n) is 4.78. The van der Waals surface area contributed by atoms with Crippen LogP contribution in [-0.4, -0.2) is 16.4 Å². The van der Waals surface area contributed by atoms with Crippen LogP contribution in [0.15, 0.2) is 53.5 Å². The van der Waals surface area contributed by atoms with E-state index in [1.807, 2.05) is 0 Å². The van der Waals surface area contributed by atoms with Crippen LogP contribution in [0.25, 0.3) is 10.8 Å². The summed E-state index contributed by atoms with van der Waals surface area (Å²) in [7, 11) is 0. The Morgan fingerprint density at radius 2 is 1.84 bits per heavy atom. The van der Waals surface area contributed by atoms with Gasteiger partial charge in [0, 0.05) is 22.7 Å². The zero-order chi connectivity index (χ0) is 22.9. The molecular formula is C22H21ClF3N3O3. The van der Waals surface area contributed by atoms with Gasteiger partial charge in [0.2, 0.25) is 11.8 Å². The van der Waals surface area contributed by atoms with Crippen LogP contribution in [0, 0.1) is 0 Å². The first-order valence-corrected chi connectivity index (χ1v) is 9.45. The lowest BCUT2D eigenvalue weighted by molar-refractivity contribution is -0.137. The lowest BCUT2D eigenvalue weighted by Gasteiger charge is -2.14. The summed E-state index contributed by atoms with van der Waals surface area (Å²) in [5, 5.41) is 2.83. The van der Waals surface area contributed by atoms with E-state index in [4.69, 9.17) is 17.3 Å². The topological polar surface area (TPSA) is 94.2 Å². The van der Waals surface area contributed by atoms with E-state index in [-0.39, 0.29) is 24.8 Å². The molecular weight excluding hydrogens is 447 g/mol. The molecule has 1 aromatic heterocycles. The van der Waals surface area contributed by atoms with Crippen molar-refractivity contribution in [3.8, 4) is 0 Å². The van der Waals surface area contributed by atoms with Crippen molar-refractivity contribution < 1.29 is 22.8 Å². The summed E-state index contributed by atoms with van der Waals surface area (Å²) < 4.78 is 40.2. The minimum absolute atomic E-state index is 0. The van der Waals surface area contributed by atoms with Gasteiger partial charge in [-0.2, -0.15) is 13.2 Å². The van der Waals surface area contributed by atoms with E-state index >= 15 is 0 Å². The number of hydrogen-bond acceptors (Lipinski definition) is 3. The van der Waals surface area contributed by atoms with Gasteiger partial charge in [-0.1, -0.05) is 31.2 Å². The van der Waals surface area contributed by atoms with Gasteiger partial charge in [-0.05, 0) is 42.8 Å². The number of alkyl halides is 3. The van der Waals surface area contributed by atoms with Gasteiger partial charge >= 0.3 is 6.18 Å². The fraction of sp³-hybridized carbons (Fsp3) is 0.227. The standard InChI is InChI=1S/C21H17ClF3N3O3.CH4/c1-11(19(26)30)28-8-7-13-14(20(28)31)3-2-4-17(13)27-18(29)10-12-5-6-16(22)15(9-12)21(23,24)25;/h2-9,11H,10H2,1H3,(H2,26,30)(H,27,29);1H4/t11-;/m0./s1. The molecule has 0 aliphatic heterocycles. The van der Waals surface area contributed by atoms with E-state index in [0.29, 0.717) is 11.1 Å². The highest BCUT2D eigenvalue weighted by Gasteiger charge is 2.33. The van der Waals surface area contributed by atoms with Crippen molar-refractivity contribution in [2.75, 3.05) is 5.32 Å². The van der Waals surface area contributed by atoms with Crippen LogP contribution >= 0.6 is 11.6 Å². The monoisotopic (exact) mass is 467 g/mol. The average Bonchev–Trinajstić information content (AvgIpc) is 2.69. The molecule has 0 radical (unpaired) electrons. The molecule has 0 saturated carbocycles. The van der Waals surface area contributed by atoms with Gasteiger partial charge in [0.05, 0.1) is 17.0 Å². The second-order valence-corrected chi connectivity index (χ2v) is 7.32. The zero-order valence-corrected chi connectivity index (χ0v) is 16.9. The number of carbonyl (C=O) groups excluding carboxylic acids is 2. The largest absolute Gasteiger partial charge is 0.417 e. The molecule has 3 N–H and O–H groups in total. The molecule has 3 rings (SSSR count). The molecule has 0 unspecified atom stereocenters. The smallest absolute Gasteiger partial charge is 0.368 e. The first-order valence-electron chi connectivity index (χ1n) is 9.07. The average molecular weight is 468 g/mol. The molecule has 1 heterocycles. The number of nitrogens with one attached hydrogen (secondary N) is 1. The second kappa shape index (κ2) is 9.44. The quantitative estimate of drug-likeness (QED) is 0.577. The number of primary amides is 1. The minimum Gasteiger partial charge on any atom is -0.368 e. The second-order valence-electron chi connectivity index (χ2n) is 6.91. The maximum absolute atomic E-state index is 13.0. The number of carbonyl (C=O) groups is 2.